The van der Waals surface area contributed by atoms with Gasteiger partial charge in [0.25, 0.3) is 0 Å². The molecule has 0 N–H and O–H groups in total. The van der Waals surface area contributed by atoms with E-state index in [4.69, 9.17) is 0 Å². The van der Waals surface area contributed by atoms with Gasteiger partial charge >= 0.3 is 0 Å². The van der Waals surface area contributed by atoms with Gasteiger partial charge in [0.1, 0.15) is 0 Å². The Kier molecular flexibility index (Phi) is 3.40. The summed E-state index contributed by atoms with van der Waals surface area (Å²) in [4.78, 5) is 8.91. The molecule has 5 aliphatic heterocycles. The normalized spacial score (nSPS) is 52.2. The number of hydrogen-bond donors (Lipinski definition) is 0. The standard InChI is InChI=1S/C21H35N3/c1-3-9-22-14-21-13-17(18(22)7-1)12-16-6-5-11-24(20(16)21)15-23-10-4-2-8-19(21)23/h16-20H,1-15H2/t16-,17-,18+,19+,20+,21+/m0/s1. The Hall–Kier alpha value is -0.120. The highest BCUT2D eigenvalue weighted by Gasteiger charge is 2.63. The van der Waals surface area contributed by atoms with Gasteiger partial charge in [0.2, 0.25) is 0 Å². The monoisotopic (exact) mass is 329 g/mol. The molecular weight excluding hydrogens is 294 g/mol. The maximum atomic E-state index is 3.00. The summed E-state index contributed by atoms with van der Waals surface area (Å²) in [7, 11) is 0. The van der Waals surface area contributed by atoms with Crippen molar-refractivity contribution in [2.45, 2.75) is 82.3 Å². The van der Waals surface area contributed by atoms with E-state index in [9.17, 15) is 0 Å². The molecule has 134 valence electrons. The fraction of sp³-hybridized carbons (Fsp3) is 1.00. The first-order chi connectivity index (χ1) is 11.9. The Morgan fingerprint density at radius 2 is 1.54 bits per heavy atom. The molecule has 0 aromatic carbocycles. The zero-order valence-corrected chi connectivity index (χ0v) is 15.3. The van der Waals surface area contributed by atoms with Gasteiger partial charge < -0.3 is 0 Å². The molecule has 2 bridgehead atoms. The number of hydrogen-bond acceptors (Lipinski definition) is 3. The lowest BCUT2D eigenvalue weighted by Crippen LogP contribution is -2.77. The van der Waals surface area contributed by atoms with Crippen molar-refractivity contribution >= 4 is 0 Å². The molecule has 0 unspecified atom stereocenters. The smallest absolute Gasteiger partial charge is 0.0512 e. The van der Waals surface area contributed by atoms with Gasteiger partial charge in [-0.1, -0.05) is 12.8 Å². The molecule has 3 nitrogen and oxygen atoms in total. The molecule has 1 saturated carbocycles. The van der Waals surface area contributed by atoms with E-state index in [1.54, 1.807) is 19.3 Å². The number of fused-ring (bicyclic) bond motifs is 4. The van der Waals surface area contributed by atoms with Gasteiger partial charge in [-0.2, -0.15) is 0 Å². The molecule has 0 radical (unpaired) electrons. The fourth-order valence-electron chi connectivity index (χ4n) is 8.53. The van der Waals surface area contributed by atoms with Crippen LogP contribution in [0.4, 0.5) is 0 Å². The summed E-state index contributed by atoms with van der Waals surface area (Å²) >= 11 is 0. The lowest BCUT2D eigenvalue weighted by Gasteiger charge is -2.70. The minimum Gasteiger partial charge on any atom is -0.299 e. The predicted molar refractivity (Wildman–Crippen MR) is 96.8 cm³/mol. The van der Waals surface area contributed by atoms with Crippen LogP contribution in [0.15, 0.2) is 0 Å². The summed E-state index contributed by atoms with van der Waals surface area (Å²) < 4.78 is 0. The Morgan fingerprint density at radius 1 is 0.708 bits per heavy atom. The predicted octanol–water partition coefficient (Wildman–Crippen LogP) is 3.16. The maximum absolute atomic E-state index is 3.00. The van der Waals surface area contributed by atoms with E-state index >= 15 is 0 Å². The summed E-state index contributed by atoms with van der Waals surface area (Å²) in [6.07, 6.45) is 15.1. The summed E-state index contributed by atoms with van der Waals surface area (Å²) in [5.41, 5.74) is 0.626. The fourth-order valence-corrected chi connectivity index (χ4v) is 8.53. The molecule has 6 aliphatic rings. The van der Waals surface area contributed by atoms with Crippen LogP contribution in [0, 0.1) is 17.3 Å². The van der Waals surface area contributed by atoms with Crippen LogP contribution >= 0.6 is 0 Å². The van der Waals surface area contributed by atoms with E-state index in [1.165, 1.54) is 77.8 Å². The van der Waals surface area contributed by atoms with Gasteiger partial charge in [-0.3, -0.25) is 14.7 Å². The first-order valence-corrected chi connectivity index (χ1v) is 11.1. The molecule has 6 fully saturated rings. The van der Waals surface area contributed by atoms with Crippen molar-refractivity contribution in [2.24, 2.45) is 17.3 Å². The minimum atomic E-state index is 0.626. The highest BCUT2D eigenvalue weighted by atomic mass is 15.4. The third-order valence-corrected chi connectivity index (χ3v) is 9.04. The molecule has 5 saturated heterocycles. The van der Waals surface area contributed by atoms with E-state index in [1.807, 2.05) is 0 Å². The first-order valence-electron chi connectivity index (χ1n) is 11.1. The quantitative estimate of drug-likeness (QED) is 0.676. The summed E-state index contributed by atoms with van der Waals surface area (Å²) in [5.74, 6) is 2.06. The van der Waals surface area contributed by atoms with Gasteiger partial charge in [-0.25, -0.2) is 0 Å². The molecule has 0 amide bonds. The SMILES string of the molecule is C1CCN2C[C@]34C[C@H](C[C@@H]5CCCN(CN6CCCC[C@@H]63)[C@H]54)[C@H]2C1. The molecule has 3 heteroatoms. The Morgan fingerprint density at radius 3 is 2.50 bits per heavy atom. The van der Waals surface area contributed by atoms with Crippen molar-refractivity contribution < 1.29 is 0 Å². The summed E-state index contributed by atoms with van der Waals surface area (Å²) in [6, 6.07) is 2.81. The van der Waals surface area contributed by atoms with Crippen LogP contribution in [-0.2, 0) is 0 Å². The van der Waals surface area contributed by atoms with Crippen LogP contribution in [0.2, 0.25) is 0 Å². The zero-order valence-electron chi connectivity index (χ0n) is 15.3. The molecule has 5 heterocycles. The van der Waals surface area contributed by atoms with Crippen LogP contribution < -0.4 is 0 Å². The van der Waals surface area contributed by atoms with Gasteiger partial charge in [0.15, 0.2) is 0 Å². The molecule has 6 atom stereocenters. The highest BCUT2D eigenvalue weighted by Crippen LogP contribution is 2.59. The van der Waals surface area contributed by atoms with Gasteiger partial charge in [-0.15, -0.1) is 0 Å². The van der Waals surface area contributed by atoms with Crippen molar-refractivity contribution in [3.05, 3.63) is 0 Å². The molecule has 6 rings (SSSR count). The van der Waals surface area contributed by atoms with Crippen molar-refractivity contribution in [3.63, 3.8) is 0 Å². The molecule has 1 spiro atoms. The second-order valence-electron chi connectivity index (χ2n) is 10.1. The topological polar surface area (TPSA) is 9.72 Å². The van der Waals surface area contributed by atoms with Crippen molar-refractivity contribution in [3.8, 4) is 0 Å². The molecule has 0 aromatic rings. The molecule has 24 heavy (non-hydrogen) atoms. The van der Waals surface area contributed by atoms with E-state index in [2.05, 4.69) is 14.7 Å². The zero-order chi connectivity index (χ0) is 15.7. The highest BCUT2D eigenvalue weighted by molar-refractivity contribution is 5.16. The van der Waals surface area contributed by atoms with E-state index in [0.717, 1.165) is 30.0 Å². The lowest BCUT2D eigenvalue weighted by molar-refractivity contribution is -0.215. The molecular formula is C21H35N3. The van der Waals surface area contributed by atoms with Gasteiger partial charge in [-0.05, 0) is 82.8 Å². The van der Waals surface area contributed by atoms with Crippen LogP contribution in [0.5, 0.6) is 0 Å². The van der Waals surface area contributed by atoms with E-state index < -0.39 is 0 Å². The molecule has 1 aliphatic carbocycles. The third-order valence-electron chi connectivity index (χ3n) is 9.04. The summed E-state index contributed by atoms with van der Waals surface area (Å²) in [5, 5.41) is 0. The van der Waals surface area contributed by atoms with Crippen LogP contribution in [0.3, 0.4) is 0 Å². The number of piperidine rings is 4. The Balaban J connectivity index is 1.43. The maximum Gasteiger partial charge on any atom is 0.0512 e. The van der Waals surface area contributed by atoms with Crippen molar-refractivity contribution in [1.82, 2.24) is 14.7 Å². The number of nitrogens with zero attached hydrogens (tertiary/aromatic N) is 3. The average molecular weight is 330 g/mol. The van der Waals surface area contributed by atoms with Crippen LogP contribution in [0.1, 0.15) is 64.2 Å². The minimum absolute atomic E-state index is 0.626. The van der Waals surface area contributed by atoms with E-state index in [0.29, 0.717) is 5.41 Å². The second kappa shape index (κ2) is 5.44. The lowest BCUT2D eigenvalue weighted by atomic mass is 9.51. The third kappa shape index (κ3) is 1.95. The van der Waals surface area contributed by atoms with Gasteiger partial charge in [0.05, 0.1) is 6.67 Å². The largest absolute Gasteiger partial charge is 0.299 e. The second-order valence-corrected chi connectivity index (χ2v) is 10.1. The van der Waals surface area contributed by atoms with Crippen LogP contribution in [0.25, 0.3) is 0 Å². The first kappa shape index (κ1) is 15.0. The number of rotatable bonds is 0. The van der Waals surface area contributed by atoms with Crippen molar-refractivity contribution in [1.29, 1.82) is 0 Å². The molecule has 0 aromatic heterocycles. The Bertz CT molecular complexity index is 507. The summed E-state index contributed by atoms with van der Waals surface area (Å²) in [6.45, 7) is 6.94. The van der Waals surface area contributed by atoms with Gasteiger partial charge in [0, 0.05) is 30.1 Å². The Labute approximate surface area is 147 Å². The van der Waals surface area contributed by atoms with Crippen LogP contribution in [-0.4, -0.2) is 65.7 Å². The average Bonchev–Trinajstić information content (AvgIpc) is 2.62. The van der Waals surface area contributed by atoms with E-state index in [-0.39, 0.29) is 0 Å². The van der Waals surface area contributed by atoms with Crippen molar-refractivity contribution in [2.75, 3.05) is 32.8 Å².